The molecule has 178 valence electrons. The Morgan fingerprint density at radius 2 is 1.16 bits per heavy atom. The molecule has 0 fully saturated rings. The third-order valence-electron chi connectivity index (χ3n) is 7.07. The van der Waals surface area contributed by atoms with Crippen molar-refractivity contribution in [3.05, 3.63) is 150 Å². The minimum atomic E-state index is -0.153. The molecule has 5 aromatic carbocycles. The molecule has 7 rings (SSSR count). The van der Waals surface area contributed by atoms with E-state index in [4.69, 9.17) is 4.99 Å². The molecule has 0 saturated carbocycles. The van der Waals surface area contributed by atoms with Crippen molar-refractivity contribution in [1.82, 2.24) is 15.2 Å². The number of aliphatic imine (C=N–C) groups is 1. The van der Waals surface area contributed by atoms with Crippen molar-refractivity contribution in [2.24, 2.45) is 4.99 Å². The topological polar surface area (TPSA) is 41.4 Å². The van der Waals surface area contributed by atoms with Gasteiger partial charge in [-0.2, -0.15) is 0 Å². The number of fused-ring (bicyclic) bond motifs is 3. The highest BCUT2D eigenvalue weighted by Crippen LogP contribution is 2.32. The summed E-state index contributed by atoms with van der Waals surface area (Å²) >= 11 is 0. The lowest BCUT2D eigenvalue weighted by Crippen LogP contribution is -2.44. The molecular weight excluding hydrogens is 452 g/mol. The highest BCUT2D eigenvalue weighted by Gasteiger charge is 2.25. The van der Waals surface area contributed by atoms with Gasteiger partial charge in [-0.15, -0.1) is 0 Å². The molecule has 2 unspecified atom stereocenters. The second-order valence-corrected chi connectivity index (χ2v) is 9.37. The summed E-state index contributed by atoms with van der Waals surface area (Å²) in [5, 5.41) is 9.85. The van der Waals surface area contributed by atoms with Gasteiger partial charge in [0.2, 0.25) is 0 Å². The summed E-state index contributed by atoms with van der Waals surface area (Å²) in [4.78, 5) is 5.13. The molecule has 2 atom stereocenters. The van der Waals surface area contributed by atoms with Gasteiger partial charge in [-0.1, -0.05) is 109 Å². The summed E-state index contributed by atoms with van der Waals surface area (Å²) < 4.78 is 2.35. The van der Waals surface area contributed by atoms with E-state index >= 15 is 0 Å². The Kier molecular flexibility index (Phi) is 5.30. The molecule has 4 heteroatoms. The van der Waals surface area contributed by atoms with E-state index in [1.165, 1.54) is 27.4 Å². The average Bonchev–Trinajstić information content (AvgIpc) is 3.32. The fourth-order valence-corrected chi connectivity index (χ4v) is 5.32. The van der Waals surface area contributed by atoms with Crippen molar-refractivity contribution in [1.29, 1.82) is 0 Å². The van der Waals surface area contributed by atoms with Crippen LogP contribution < -0.4 is 10.6 Å². The minimum Gasteiger partial charge on any atom is -0.350 e. The smallest absolute Gasteiger partial charge is 0.131 e. The third kappa shape index (κ3) is 3.88. The van der Waals surface area contributed by atoms with Crippen molar-refractivity contribution >= 4 is 27.6 Å². The first-order chi connectivity index (χ1) is 18.3. The number of nitrogens with one attached hydrogen (secondary N) is 2. The van der Waals surface area contributed by atoms with Crippen molar-refractivity contribution in [3.8, 4) is 5.69 Å². The molecule has 0 saturated heterocycles. The Morgan fingerprint density at radius 1 is 0.568 bits per heavy atom. The Hall–Kier alpha value is -4.67. The van der Waals surface area contributed by atoms with E-state index in [1.807, 2.05) is 12.1 Å². The van der Waals surface area contributed by atoms with E-state index in [1.54, 1.807) is 0 Å². The zero-order chi connectivity index (χ0) is 24.6. The van der Waals surface area contributed by atoms with Crippen LogP contribution in [0, 0.1) is 0 Å². The van der Waals surface area contributed by atoms with Gasteiger partial charge in [0.05, 0.1) is 11.0 Å². The highest BCUT2D eigenvalue weighted by molar-refractivity contribution is 6.09. The lowest BCUT2D eigenvalue weighted by Gasteiger charge is -2.32. The van der Waals surface area contributed by atoms with Crippen LogP contribution in [0.1, 0.15) is 29.0 Å². The van der Waals surface area contributed by atoms with Gasteiger partial charge in [0, 0.05) is 22.0 Å². The van der Waals surface area contributed by atoms with Crippen LogP contribution in [0.3, 0.4) is 0 Å². The van der Waals surface area contributed by atoms with Crippen molar-refractivity contribution < 1.29 is 0 Å². The lowest BCUT2D eigenvalue weighted by molar-refractivity contribution is 0.409. The quantitative estimate of drug-likeness (QED) is 0.283. The minimum absolute atomic E-state index is 0.0594. The predicted molar refractivity (Wildman–Crippen MR) is 152 cm³/mol. The zero-order valence-electron chi connectivity index (χ0n) is 20.3. The molecule has 2 heterocycles. The van der Waals surface area contributed by atoms with Gasteiger partial charge in [-0.05, 0) is 35.4 Å². The van der Waals surface area contributed by atoms with Gasteiger partial charge in [0.1, 0.15) is 18.2 Å². The van der Waals surface area contributed by atoms with Crippen LogP contribution in [0.5, 0.6) is 0 Å². The van der Waals surface area contributed by atoms with Gasteiger partial charge in [-0.25, -0.2) is 4.99 Å². The molecule has 6 aromatic rings. The molecular formula is C33H26N4. The zero-order valence-corrected chi connectivity index (χ0v) is 20.3. The number of aromatic nitrogens is 1. The van der Waals surface area contributed by atoms with Crippen molar-refractivity contribution in [2.75, 3.05) is 0 Å². The molecule has 4 nitrogen and oxygen atoms in total. The van der Waals surface area contributed by atoms with Crippen LogP contribution in [0.15, 0.2) is 138 Å². The summed E-state index contributed by atoms with van der Waals surface area (Å²) in [5.41, 5.74) is 6.89. The first kappa shape index (κ1) is 21.6. The van der Waals surface area contributed by atoms with Gasteiger partial charge < -0.3 is 9.88 Å². The third-order valence-corrected chi connectivity index (χ3v) is 7.07. The molecule has 0 bridgehead atoms. The summed E-state index contributed by atoms with van der Waals surface area (Å²) in [5.74, 6) is 0.879. The van der Waals surface area contributed by atoms with Crippen LogP contribution in [0.4, 0.5) is 0 Å². The molecule has 0 radical (unpaired) electrons. The number of hydrogen-bond acceptors (Lipinski definition) is 3. The molecule has 2 N–H and O–H groups in total. The van der Waals surface area contributed by atoms with Crippen LogP contribution >= 0.6 is 0 Å². The Labute approximate surface area is 215 Å². The standard InChI is InChI=1S/C33H26N4/c1-3-12-23(13-4-1)31-34-32(24-14-5-2-6-15-24)36-33(35-31)25-16-11-17-26(22-25)37-29-20-9-7-18-27(29)28-19-8-10-21-30(28)37/h1-22,31-32,34H,(H,35,36). The summed E-state index contributed by atoms with van der Waals surface area (Å²) in [6, 6.07) is 46.8. The average molecular weight is 479 g/mol. The number of amidine groups is 1. The summed E-state index contributed by atoms with van der Waals surface area (Å²) in [6.07, 6.45) is -0.213. The van der Waals surface area contributed by atoms with Crippen LogP contribution in [0.25, 0.3) is 27.5 Å². The Bertz CT molecular complexity index is 1680. The van der Waals surface area contributed by atoms with Gasteiger partial charge in [-0.3, -0.25) is 5.32 Å². The van der Waals surface area contributed by atoms with E-state index in [-0.39, 0.29) is 12.3 Å². The van der Waals surface area contributed by atoms with Gasteiger partial charge in [0.15, 0.2) is 0 Å². The van der Waals surface area contributed by atoms with Gasteiger partial charge in [0.25, 0.3) is 0 Å². The van der Waals surface area contributed by atoms with Crippen LogP contribution in [0.2, 0.25) is 0 Å². The molecule has 37 heavy (non-hydrogen) atoms. The molecule has 0 amide bonds. The van der Waals surface area contributed by atoms with E-state index in [0.717, 1.165) is 22.6 Å². The second kappa shape index (κ2) is 9.08. The molecule has 1 aliphatic rings. The molecule has 0 aliphatic carbocycles. The maximum absolute atomic E-state index is 5.13. The fraction of sp³-hybridized carbons (Fsp3) is 0.0606. The van der Waals surface area contributed by atoms with Crippen molar-refractivity contribution in [2.45, 2.75) is 12.3 Å². The first-order valence-electron chi connectivity index (χ1n) is 12.6. The number of nitrogens with zero attached hydrogens (tertiary/aromatic N) is 2. The fourth-order valence-electron chi connectivity index (χ4n) is 5.32. The maximum atomic E-state index is 5.13. The number of para-hydroxylation sites is 2. The SMILES string of the molecule is c1ccc(C2N=C(c3cccc(-n4c5ccccc5c5ccccc54)c3)NC(c3ccccc3)N2)cc1. The summed E-state index contributed by atoms with van der Waals surface area (Å²) in [7, 11) is 0. The van der Waals surface area contributed by atoms with E-state index < -0.39 is 0 Å². The maximum Gasteiger partial charge on any atom is 0.131 e. The number of rotatable bonds is 4. The monoisotopic (exact) mass is 478 g/mol. The Morgan fingerprint density at radius 3 is 1.84 bits per heavy atom. The normalized spacial score (nSPS) is 17.5. The summed E-state index contributed by atoms with van der Waals surface area (Å²) in [6.45, 7) is 0. The van der Waals surface area contributed by atoms with Crippen LogP contribution in [-0.4, -0.2) is 10.4 Å². The second-order valence-electron chi connectivity index (χ2n) is 9.37. The number of hydrogen-bond donors (Lipinski definition) is 2. The van der Waals surface area contributed by atoms with Gasteiger partial charge >= 0.3 is 0 Å². The number of benzene rings is 5. The van der Waals surface area contributed by atoms with E-state index in [0.29, 0.717) is 0 Å². The van der Waals surface area contributed by atoms with Crippen molar-refractivity contribution in [3.63, 3.8) is 0 Å². The molecule has 1 aromatic heterocycles. The lowest BCUT2D eigenvalue weighted by atomic mass is 10.1. The first-order valence-corrected chi connectivity index (χ1v) is 12.6. The largest absolute Gasteiger partial charge is 0.350 e. The molecule has 1 aliphatic heterocycles. The van der Waals surface area contributed by atoms with Crippen LogP contribution in [-0.2, 0) is 0 Å². The predicted octanol–water partition coefficient (Wildman–Crippen LogP) is 7.12. The highest BCUT2D eigenvalue weighted by atomic mass is 15.3. The molecule has 0 spiro atoms. The van der Waals surface area contributed by atoms with E-state index in [9.17, 15) is 0 Å². The van der Waals surface area contributed by atoms with E-state index in [2.05, 4.69) is 137 Å². The Balaban J connectivity index is 1.36.